The highest BCUT2D eigenvalue weighted by Gasteiger charge is 2.17. The first-order valence-electron chi connectivity index (χ1n) is 5.66. The van der Waals surface area contributed by atoms with Gasteiger partial charge in [0, 0.05) is 30.5 Å². The highest BCUT2D eigenvalue weighted by molar-refractivity contribution is 5.93. The van der Waals surface area contributed by atoms with Crippen molar-refractivity contribution in [1.29, 1.82) is 0 Å². The molecule has 1 aliphatic rings. The number of pyridine rings is 1. The molecule has 1 aliphatic heterocycles. The van der Waals surface area contributed by atoms with Crippen LogP contribution in [0.25, 0.3) is 10.9 Å². The predicted octanol–water partition coefficient (Wildman–Crippen LogP) is 2.49. The van der Waals surface area contributed by atoms with Gasteiger partial charge in [-0.3, -0.25) is 4.98 Å². The molecular weight excluding hydrogens is 219 g/mol. The smallest absolute Gasteiger partial charge is 0.125 e. The lowest BCUT2D eigenvalue weighted by molar-refractivity contribution is 0.110. The van der Waals surface area contributed by atoms with Gasteiger partial charge in [0.15, 0.2) is 0 Å². The van der Waals surface area contributed by atoms with Gasteiger partial charge in [0.05, 0.1) is 30.1 Å². The Kier molecular flexibility index (Phi) is 2.44. The summed E-state index contributed by atoms with van der Waals surface area (Å²) in [5.74, 6) is -0.251. The second-order valence-corrected chi connectivity index (χ2v) is 4.13. The SMILES string of the molecule is CNc1c2c(nc3cc(F)ccc13)CCOC2. The number of anilines is 1. The van der Waals surface area contributed by atoms with Crippen molar-refractivity contribution in [3.63, 3.8) is 0 Å². The molecule has 0 radical (unpaired) electrons. The lowest BCUT2D eigenvalue weighted by Crippen LogP contribution is -2.14. The Labute approximate surface area is 98.6 Å². The zero-order valence-corrected chi connectivity index (χ0v) is 9.59. The van der Waals surface area contributed by atoms with Gasteiger partial charge < -0.3 is 10.1 Å². The lowest BCUT2D eigenvalue weighted by atomic mass is 10.0. The molecule has 0 saturated heterocycles. The van der Waals surface area contributed by atoms with Crippen LogP contribution in [0.5, 0.6) is 0 Å². The van der Waals surface area contributed by atoms with Crippen molar-refractivity contribution in [1.82, 2.24) is 4.98 Å². The van der Waals surface area contributed by atoms with E-state index < -0.39 is 0 Å². The van der Waals surface area contributed by atoms with Gasteiger partial charge in [-0.25, -0.2) is 4.39 Å². The number of hydrogen-bond acceptors (Lipinski definition) is 3. The van der Waals surface area contributed by atoms with Crippen molar-refractivity contribution in [2.45, 2.75) is 13.0 Å². The minimum Gasteiger partial charge on any atom is -0.387 e. The molecule has 0 spiro atoms. The van der Waals surface area contributed by atoms with E-state index in [1.807, 2.05) is 7.05 Å². The number of benzene rings is 1. The van der Waals surface area contributed by atoms with Gasteiger partial charge >= 0.3 is 0 Å². The summed E-state index contributed by atoms with van der Waals surface area (Å²) in [6, 6.07) is 4.70. The number of rotatable bonds is 1. The quantitative estimate of drug-likeness (QED) is 0.820. The van der Waals surface area contributed by atoms with Crippen molar-refractivity contribution in [2.24, 2.45) is 0 Å². The summed E-state index contributed by atoms with van der Waals surface area (Å²) in [4.78, 5) is 4.53. The van der Waals surface area contributed by atoms with Crippen LogP contribution in [0.15, 0.2) is 18.2 Å². The van der Waals surface area contributed by atoms with E-state index in [1.165, 1.54) is 12.1 Å². The van der Waals surface area contributed by atoms with E-state index in [0.717, 1.165) is 28.8 Å². The number of halogens is 1. The van der Waals surface area contributed by atoms with Crippen LogP contribution in [0.3, 0.4) is 0 Å². The molecule has 3 nitrogen and oxygen atoms in total. The molecular formula is C13H13FN2O. The van der Waals surface area contributed by atoms with Gasteiger partial charge in [0.2, 0.25) is 0 Å². The fourth-order valence-electron chi connectivity index (χ4n) is 2.32. The molecule has 0 atom stereocenters. The van der Waals surface area contributed by atoms with Crippen molar-refractivity contribution in [3.05, 3.63) is 35.3 Å². The zero-order valence-electron chi connectivity index (χ0n) is 9.59. The molecule has 4 heteroatoms. The average Bonchev–Trinajstić information content (AvgIpc) is 2.35. The average molecular weight is 232 g/mol. The molecule has 1 aromatic carbocycles. The third-order valence-corrected chi connectivity index (χ3v) is 3.11. The molecule has 0 amide bonds. The molecule has 0 saturated carbocycles. The van der Waals surface area contributed by atoms with E-state index in [1.54, 1.807) is 6.07 Å². The van der Waals surface area contributed by atoms with Crippen molar-refractivity contribution in [3.8, 4) is 0 Å². The zero-order chi connectivity index (χ0) is 11.8. The second-order valence-electron chi connectivity index (χ2n) is 4.13. The number of nitrogens with zero attached hydrogens (tertiary/aromatic N) is 1. The van der Waals surface area contributed by atoms with E-state index in [9.17, 15) is 4.39 Å². The Morgan fingerprint density at radius 1 is 1.41 bits per heavy atom. The third-order valence-electron chi connectivity index (χ3n) is 3.11. The van der Waals surface area contributed by atoms with Gasteiger partial charge in [-0.05, 0) is 12.1 Å². The van der Waals surface area contributed by atoms with E-state index in [0.29, 0.717) is 18.7 Å². The molecule has 88 valence electrons. The Morgan fingerprint density at radius 3 is 3.12 bits per heavy atom. The maximum Gasteiger partial charge on any atom is 0.125 e. The monoisotopic (exact) mass is 232 g/mol. The number of fused-ring (bicyclic) bond motifs is 2. The summed E-state index contributed by atoms with van der Waals surface area (Å²) in [5, 5.41) is 4.12. The fourth-order valence-corrected chi connectivity index (χ4v) is 2.32. The van der Waals surface area contributed by atoms with E-state index in [-0.39, 0.29) is 5.82 Å². The maximum atomic E-state index is 13.2. The Balaban J connectivity index is 2.34. The number of hydrogen-bond donors (Lipinski definition) is 1. The Bertz CT molecular complexity index is 583. The minimum atomic E-state index is -0.251. The van der Waals surface area contributed by atoms with Crippen LogP contribution in [0.2, 0.25) is 0 Å². The van der Waals surface area contributed by atoms with Crippen LogP contribution < -0.4 is 5.32 Å². The predicted molar refractivity (Wildman–Crippen MR) is 64.6 cm³/mol. The first kappa shape index (κ1) is 10.5. The van der Waals surface area contributed by atoms with Crippen LogP contribution in [-0.4, -0.2) is 18.6 Å². The minimum absolute atomic E-state index is 0.251. The molecule has 2 heterocycles. The molecule has 17 heavy (non-hydrogen) atoms. The molecule has 0 unspecified atom stereocenters. The van der Waals surface area contributed by atoms with Crippen LogP contribution >= 0.6 is 0 Å². The molecule has 1 aromatic heterocycles. The fraction of sp³-hybridized carbons (Fsp3) is 0.308. The van der Waals surface area contributed by atoms with Crippen LogP contribution in [0.4, 0.5) is 10.1 Å². The first-order valence-corrected chi connectivity index (χ1v) is 5.66. The normalized spacial score (nSPS) is 14.7. The first-order chi connectivity index (χ1) is 8.29. The van der Waals surface area contributed by atoms with Gasteiger partial charge in [0.25, 0.3) is 0 Å². The molecule has 0 aliphatic carbocycles. The van der Waals surface area contributed by atoms with Gasteiger partial charge in [0.1, 0.15) is 5.82 Å². The highest BCUT2D eigenvalue weighted by Crippen LogP contribution is 2.31. The molecule has 3 rings (SSSR count). The summed E-state index contributed by atoms with van der Waals surface area (Å²) in [6.45, 7) is 1.26. The number of aromatic nitrogens is 1. The largest absolute Gasteiger partial charge is 0.387 e. The maximum absolute atomic E-state index is 13.2. The molecule has 0 bridgehead atoms. The summed E-state index contributed by atoms with van der Waals surface area (Å²) in [6.07, 6.45) is 0.788. The highest BCUT2D eigenvalue weighted by atomic mass is 19.1. The van der Waals surface area contributed by atoms with Crippen molar-refractivity contribution in [2.75, 3.05) is 19.0 Å². The molecule has 0 fully saturated rings. The number of nitrogens with one attached hydrogen (secondary N) is 1. The second kappa shape index (κ2) is 3.96. The van der Waals surface area contributed by atoms with Gasteiger partial charge in [-0.1, -0.05) is 0 Å². The molecule has 2 aromatic rings. The standard InChI is InChI=1S/C13H13FN2O/c1-15-13-9-3-2-8(14)6-12(9)16-11-4-5-17-7-10(11)13/h2-3,6H,4-5,7H2,1H3,(H,15,16). The Hall–Kier alpha value is -1.68. The van der Waals surface area contributed by atoms with Crippen molar-refractivity contribution < 1.29 is 9.13 Å². The van der Waals surface area contributed by atoms with E-state index >= 15 is 0 Å². The summed E-state index contributed by atoms with van der Waals surface area (Å²) in [5.41, 5.74) is 3.82. The van der Waals surface area contributed by atoms with Crippen molar-refractivity contribution >= 4 is 16.6 Å². The van der Waals surface area contributed by atoms with Gasteiger partial charge in [-0.2, -0.15) is 0 Å². The summed E-state index contributed by atoms with van der Waals surface area (Å²) in [7, 11) is 1.87. The van der Waals surface area contributed by atoms with Gasteiger partial charge in [-0.15, -0.1) is 0 Å². The van der Waals surface area contributed by atoms with Crippen LogP contribution in [-0.2, 0) is 17.8 Å². The third kappa shape index (κ3) is 1.65. The van der Waals surface area contributed by atoms with E-state index in [4.69, 9.17) is 4.74 Å². The lowest BCUT2D eigenvalue weighted by Gasteiger charge is -2.20. The topological polar surface area (TPSA) is 34.2 Å². The van der Waals surface area contributed by atoms with Crippen LogP contribution in [0, 0.1) is 5.82 Å². The number of ether oxygens (including phenoxy) is 1. The molecule has 1 N–H and O–H groups in total. The summed E-state index contributed by atoms with van der Waals surface area (Å²) < 4.78 is 18.7. The Morgan fingerprint density at radius 2 is 2.29 bits per heavy atom. The van der Waals surface area contributed by atoms with E-state index in [2.05, 4.69) is 10.3 Å². The summed E-state index contributed by atoms with van der Waals surface area (Å²) >= 11 is 0. The van der Waals surface area contributed by atoms with Crippen LogP contribution in [0.1, 0.15) is 11.3 Å².